The van der Waals surface area contributed by atoms with Crippen LogP contribution in [0.25, 0.3) is 92.4 Å². The van der Waals surface area contributed by atoms with Crippen molar-refractivity contribution in [2.24, 2.45) is 0 Å². The molecule has 0 saturated carbocycles. The lowest BCUT2D eigenvalue weighted by atomic mass is 9.65. The minimum atomic E-state index is -0.799. The molecule has 4 aromatic heterocycles. The van der Waals surface area contributed by atoms with Crippen molar-refractivity contribution in [1.29, 1.82) is 0 Å². The quantitative estimate of drug-likeness (QED) is 0.173. The summed E-state index contributed by atoms with van der Waals surface area (Å²) in [7, 11) is 0. The average molecular weight is 920 g/mol. The van der Waals surface area contributed by atoms with Crippen LogP contribution >= 0.6 is 11.3 Å². The van der Waals surface area contributed by atoms with Gasteiger partial charge in [0.1, 0.15) is 11.5 Å². The number of ether oxygens (including phenoxy) is 1. The van der Waals surface area contributed by atoms with Crippen LogP contribution in [0.15, 0.2) is 225 Å². The summed E-state index contributed by atoms with van der Waals surface area (Å²) in [6.45, 7) is 0. The Morgan fingerprint density at radius 3 is 1.82 bits per heavy atom. The second-order valence-corrected chi connectivity index (χ2v) is 20.5. The summed E-state index contributed by atoms with van der Waals surface area (Å²) in [4.78, 5) is 10.6. The highest BCUT2D eigenvalue weighted by Gasteiger charge is 2.56. The van der Waals surface area contributed by atoms with E-state index >= 15 is 0 Å². The summed E-state index contributed by atoms with van der Waals surface area (Å²) in [6.07, 6.45) is 3.96. The van der Waals surface area contributed by atoms with Gasteiger partial charge in [-0.15, -0.1) is 11.3 Å². The Labute approximate surface area is 412 Å². The van der Waals surface area contributed by atoms with Gasteiger partial charge in [0.2, 0.25) is 0 Å². The first-order valence-corrected chi connectivity index (χ1v) is 25.2. The smallest absolute Gasteiger partial charge is 0.132 e. The Hall–Kier alpha value is -8.90. The summed E-state index contributed by atoms with van der Waals surface area (Å²) in [5.41, 5.74) is 20.8. The van der Waals surface area contributed by atoms with Crippen molar-refractivity contribution in [2.75, 3.05) is 0 Å². The van der Waals surface area contributed by atoms with Crippen molar-refractivity contribution in [3.8, 4) is 62.0 Å². The predicted molar refractivity (Wildman–Crippen MR) is 288 cm³/mol. The number of aromatic nitrogens is 3. The number of hydrogen-bond donors (Lipinski definition) is 0. The fourth-order valence-corrected chi connectivity index (χ4v) is 14.9. The molecule has 0 saturated heterocycles. The Bertz CT molecular complexity index is 4490. The molecule has 4 nitrogen and oxygen atoms in total. The lowest BCUT2D eigenvalue weighted by molar-refractivity contribution is 0.435. The number of pyridine rings is 2. The zero-order chi connectivity index (χ0) is 46.2. The normalized spacial score (nSPS) is 15.9. The molecule has 13 aromatic rings. The molecule has 4 aliphatic rings. The van der Waals surface area contributed by atoms with Gasteiger partial charge in [-0.25, -0.2) is 0 Å². The Balaban J connectivity index is 0.924. The Morgan fingerprint density at radius 1 is 0.380 bits per heavy atom. The van der Waals surface area contributed by atoms with E-state index in [1.54, 1.807) is 0 Å². The minimum absolute atomic E-state index is 0.510. The van der Waals surface area contributed by atoms with Gasteiger partial charge in [0.15, 0.2) is 0 Å². The molecule has 0 radical (unpaired) electrons. The first-order chi connectivity index (χ1) is 35.2. The molecule has 0 bridgehead atoms. The maximum atomic E-state index is 7.26. The van der Waals surface area contributed by atoms with Crippen LogP contribution in [0.4, 0.5) is 0 Å². The molecule has 1 unspecified atom stereocenters. The summed E-state index contributed by atoms with van der Waals surface area (Å²) in [5.74, 6) is 1.69. The number of nitrogens with zero attached hydrogens (tertiary/aromatic N) is 3. The maximum absolute atomic E-state index is 7.26. The number of fused-ring (bicyclic) bond motifs is 25. The van der Waals surface area contributed by atoms with E-state index < -0.39 is 10.8 Å². The Kier molecular flexibility index (Phi) is 7.20. The third-order valence-corrected chi connectivity index (χ3v) is 17.6. The van der Waals surface area contributed by atoms with Crippen LogP contribution in [0, 0.1) is 0 Å². The van der Waals surface area contributed by atoms with Crippen molar-refractivity contribution in [3.05, 3.63) is 269 Å². The third kappa shape index (κ3) is 4.57. The van der Waals surface area contributed by atoms with Crippen LogP contribution in [0.2, 0.25) is 0 Å². The molecule has 328 valence electrons. The molecule has 5 heteroatoms. The molecule has 17 rings (SSSR count). The molecule has 9 aromatic carbocycles. The molecule has 3 aliphatic carbocycles. The van der Waals surface area contributed by atoms with Crippen LogP contribution in [0.1, 0.15) is 44.5 Å². The van der Waals surface area contributed by atoms with Gasteiger partial charge in [-0.3, -0.25) is 9.97 Å². The number of benzene rings is 9. The topological polar surface area (TPSA) is 39.9 Å². The van der Waals surface area contributed by atoms with E-state index in [1.807, 2.05) is 17.5 Å². The van der Waals surface area contributed by atoms with Crippen molar-refractivity contribution >= 4 is 53.3 Å². The average Bonchev–Trinajstić information content (AvgIpc) is 4.23. The van der Waals surface area contributed by atoms with Gasteiger partial charge < -0.3 is 9.30 Å². The van der Waals surface area contributed by atoms with E-state index in [9.17, 15) is 0 Å². The van der Waals surface area contributed by atoms with Gasteiger partial charge in [-0.2, -0.15) is 0 Å². The molecule has 0 fully saturated rings. The lowest BCUT2D eigenvalue weighted by Crippen LogP contribution is -2.33. The highest BCUT2D eigenvalue weighted by Crippen LogP contribution is 2.67. The van der Waals surface area contributed by atoms with E-state index in [4.69, 9.17) is 14.7 Å². The standard InChI is InChI=1S/C66H37N3OS/c1-6-22-49-41(15-1)42-16-2-7-23-50(42)65(49)51-24-8-3-17-43(51)47-35-55-60(36-54(47)65)70-59-28-11-9-25-52(59)66(55)53-26-14-32-67-62(53)63-56(66)34-39(37-68-63)69-57-27-10-4-18-44(57)48-33-38(30-31-58(48)69)40-20-13-21-46-45-19-5-12-29-61(45)71-64(40)46/h1-37H. The summed E-state index contributed by atoms with van der Waals surface area (Å²) in [6, 6.07) is 78.6. The van der Waals surface area contributed by atoms with Crippen LogP contribution in [-0.4, -0.2) is 14.5 Å². The number of rotatable bonds is 2. The second kappa shape index (κ2) is 13.4. The molecule has 1 atom stereocenters. The number of para-hydroxylation sites is 2. The van der Waals surface area contributed by atoms with Gasteiger partial charge in [0, 0.05) is 53.8 Å². The van der Waals surface area contributed by atoms with Gasteiger partial charge in [0.05, 0.1) is 45.1 Å². The predicted octanol–water partition coefficient (Wildman–Crippen LogP) is 16.4. The van der Waals surface area contributed by atoms with E-state index in [0.29, 0.717) is 0 Å². The van der Waals surface area contributed by atoms with Crippen LogP contribution in [0.3, 0.4) is 0 Å². The SMILES string of the molecule is c1ccc2c(c1)Oc1cc3c(cc1C21c2cccnc2-c2ncc(-n4c5ccccc5c5cc(-c6cccc7c6sc6ccccc67)ccc54)cc21)-c1ccccc1C31c2ccccc2-c2ccccc21. The van der Waals surface area contributed by atoms with Crippen LogP contribution in [-0.2, 0) is 10.8 Å². The molecule has 2 spiro atoms. The summed E-state index contributed by atoms with van der Waals surface area (Å²) in [5, 5.41) is 5.02. The van der Waals surface area contributed by atoms with Gasteiger partial charge in [-0.1, -0.05) is 158 Å². The van der Waals surface area contributed by atoms with Gasteiger partial charge in [0.25, 0.3) is 0 Å². The van der Waals surface area contributed by atoms with E-state index in [0.717, 1.165) is 61.9 Å². The number of thiophene rings is 1. The largest absolute Gasteiger partial charge is 0.457 e. The monoisotopic (exact) mass is 919 g/mol. The van der Waals surface area contributed by atoms with E-state index in [-0.39, 0.29) is 0 Å². The first kappa shape index (κ1) is 38.0. The summed E-state index contributed by atoms with van der Waals surface area (Å²) < 4.78 is 12.3. The molecule has 0 amide bonds. The van der Waals surface area contributed by atoms with Crippen molar-refractivity contribution in [2.45, 2.75) is 10.8 Å². The first-order valence-electron chi connectivity index (χ1n) is 24.4. The molecular weight excluding hydrogens is 883 g/mol. The zero-order valence-corrected chi connectivity index (χ0v) is 38.8. The fourth-order valence-electron chi connectivity index (χ4n) is 13.7. The summed E-state index contributed by atoms with van der Waals surface area (Å²) >= 11 is 1.88. The maximum Gasteiger partial charge on any atom is 0.132 e. The molecule has 1 aliphatic heterocycles. The van der Waals surface area contributed by atoms with Gasteiger partial charge in [-0.05, 0) is 116 Å². The minimum Gasteiger partial charge on any atom is -0.457 e. The molecule has 5 heterocycles. The highest BCUT2D eigenvalue weighted by atomic mass is 32.1. The number of hydrogen-bond acceptors (Lipinski definition) is 4. The van der Waals surface area contributed by atoms with E-state index in [1.165, 1.54) is 86.6 Å². The zero-order valence-electron chi connectivity index (χ0n) is 38.0. The van der Waals surface area contributed by atoms with Gasteiger partial charge >= 0.3 is 0 Å². The fraction of sp³-hybridized carbons (Fsp3) is 0.0303. The third-order valence-electron chi connectivity index (χ3n) is 16.4. The highest BCUT2D eigenvalue weighted by molar-refractivity contribution is 7.26. The van der Waals surface area contributed by atoms with E-state index in [2.05, 4.69) is 223 Å². The lowest BCUT2D eigenvalue weighted by Gasteiger charge is -2.40. The van der Waals surface area contributed by atoms with Crippen molar-refractivity contribution < 1.29 is 4.74 Å². The van der Waals surface area contributed by atoms with Crippen LogP contribution < -0.4 is 4.74 Å². The molecular formula is C66H37N3OS. The second-order valence-electron chi connectivity index (χ2n) is 19.5. The van der Waals surface area contributed by atoms with Crippen molar-refractivity contribution in [1.82, 2.24) is 14.5 Å². The van der Waals surface area contributed by atoms with Crippen LogP contribution in [0.5, 0.6) is 11.5 Å². The van der Waals surface area contributed by atoms with Crippen molar-refractivity contribution in [3.63, 3.8) is 0 Å². The molecule has 71 heavy (non-hydrogen) atoms. The Morgan fingerprint density at radius 2 is 1.00 bits per heavy atom. The molecule has 0 N–H and O–H groups in total.